The zero-order valence-corrected chi connectivity index (χ0v) is 14.4. The molecule has 3 heterocycles. The molecule has 0 amide bonds. The van der Waals surface area contributed by atoms with E-state index in [1.54, 1.807) is 36.4 Å². The molecule has 0 saturated carbocycles. The first kappa shape index (κ1) is 16.4. The van der Waals surface area contributed by atoms with Gasteiger partial charge in [-0.15, -0.1) is 0 Å². The summed E-state index contributed by atoms with van der Waals surface area (Å²) in [7, 11) is 0. The van der Waals surface area contributed by atoms with E-state index in [1.165, 1.54) is 12.8 Å². The number of benzene rings is 1. The van der Waals surface area contributed by atoms with Gasteiger partial charge in [-0.05, 0) is 37.8 Å². The number of piperidine rings is 1. The van der Waals surface area contributed by atoms with E-state index in [-0.39, 0.29) is 11.7 Å². The maximum absolute atomic E-state index is 11.5. The number of aromatic carboxylic acids is 1. The van der Waals surface area contributed by atoms with Gasteiger partial charge in [0.05, 0.1) is 11.3 Å². The van der Waals surface area contributed by atoms with Crippen LogP contribution < -0.4 is 10.1 Å². The van der Waals surface area contributed by atoms with Crippen molar-refractivity contribution in [2.45, 2.75) is 43.9 Å². The largest absolute Gasteiger partial charge is 0.478 e. The number of carbonyl (C=O) groups is 1. The van der Waals surface area contributed by atoms with Crippen LogP contribution in [0.25, 0.3) is 11.3 Å². The van der Waals surface area contributed by atoms with Crippen LogP contribution in [0.1, 0.15) is 36.0 Å². The fourth-order valence-electron chi connectivity index (χ4n) is 3.84. The summed E-state index contributed by atoms with van der Waals surface area (Å²) in [5, 5.41) is 13.5. The number of nitrogens with one attached hydrogen (secondary N) is 1. The number of fused-ring (bicyclic) bond motifs is 2. The highest BCUT2D eigenvalue weighted by molar-refractivity contribution is 6.31. The van der Waals surface area contributed by atoms with Gasteiger partial charge in [0, 0.05) is 28.7 Å². The molecule has 0 aliphatic carbocycles. The summed E-state index contributed by atoms with van der Waals surface area (Å²) in [4.78, 5) is 16.0. The van der Waals surface area contributed by atoms with E-state index in [2.05, 4.69) is 10.3 Å². The predicted octanol–water partition coefficient (Wildman–Crippen LogP) is 3.76. The molecule has 2 N–H and O–H groups in total. The molecule has 0 spiro atoms. The fourth-order valence-corrected chi connectivity index (χ4v) is 4.03. The van der Waals surface area contributed by atoms with Crippen LogP contribution in [0.2, 0.25) is 5.02 Å². The molecular weight excluding hydrogens is 340 g/mol. The minimum Gasteiger partial charge on any atom is -0.478 e. The molecule has 1 aromatic heterocycles. The van der Waals surface area contributed by atoms with Crippen LogP contribution in [-0.4, -0.2) is 34.2 Å². The second kappa shape index (κ2) is 6.65. The van der Waals surface area contributed by atoms with Crippen LogP contribution in [0, 0.1) is 0 Å². The van der Waals surface area contributed by atoms with Gasteiger partial charge in [0.15, 0.2) is 0 Å². The summed E-state index contributed by atoms with van der Waals surface area (Å²) in [6.07, 6.45) is 4.44. The Morgan fingerprint density at radius 1 is 1.20 bits per heavy atom. The third-order valence-electron chi connectivity index (χ3n) is 4.92. The lowest BCUT2D eigenvalue weighted by Gasteiger charge is -2.29. The smallest absolute Gasteiger partial charge is 0.336 e. The molecule has 4 rings (SSSR count). The minimum absolute atomic E-state index is 0.118. The van der Waals surface area contributed by atoms with Crippen LogP contribution in [0.3, 0.4) is 0 Å². The zero-order chi connectivity index (χ0) is 17.4. The number of hydrogen-bond acceptors (Lipinski definition) is 4. The Labute approximate surface area is 151 Å². The molecule has 2 bridgehead atoms. The van der Waals surface area contributed by atoms with Crippen molar-refractivity contribution in [2.75, 3.05) is 0 Å². The summed E-state index contributed by atoms with van der Waals surface area (Å²) < 4.78 is 6.10. The number of nitrogens with zero attached hydrogens (tertiary/aromatic N) is 1. The van der Waals surface area contributed by atoms with Crippen molar-refractivity contribution < 1.29 is 14.6 Å². The number of aromatic nitrogens is 1. The van der Waals surface area contributed by atoms with Crippen molar-refractivity contribution in [1.29, 1.82) is 0 Å². The number of ether oxygens (including phenoxy) is 1. The molecule has 25 heavy (non-hydrogen) atoms. The SMILES string of the molecule is O=C(O)c1ccccc1-c1cc(Cl)cc(O[C@@H]2C[C@H]3CC[C@@H](C2)N3)n1. The van der Waals surface area contributed by atoms with E-state index in [0.717, 1.165) is 12.8 Å². The van der Waals surface area contributed by atoms with E-state index in [9.17, 15) is 9.90 Å². The Bertz CT molecular complexity index is 799. The number of pyridine rings is 1. The quantitative estimate of drug-likeness (QED) is 0.870. The molecule has 130 valence electrons. The molecule has 3 atom stereocenters. The first-order valence-electron chi connectivity index (χ1n) is 8.51. The van der Waals surface area contributed by atoms with Crippen molar-refractivity contribution >= 4 is 17.6 Å². The van der Waals surface area contributed by atoms with Gasteiger partial charge < -0.3 is 15.2 Å². The monoisotopic (exact) mass is 358 g/mol. The van der Waals surface area contributed by atoms with E-state index in [4.69, 9.17) is 16.3 Å². The Hall–Kier alpha value is -2.11. The van der Waals surface area contributed by atoms with Gasteiger partial charge in [-0.3, -0.25) is 0 Å². The van der Waals surface area contributed by atoms with Crippen LogP contribution in [0.15, 0.2) is 36.4 Å². The molecule has 2 aliphatic rings. The second-order valence-electron chi connectivity index (χ2n) is 6.71. The van der Waals surface area contributed by atoms with Crippen LogP contribution in [0.5, 0.6) is 5.88 Å². The summed E-state index contributed by atoms with van der Waals surface area (Å²) in [5.41, 5.74) is 1.24. The normalized spacial score (nSPS) is 24.9. The topological polar surface area (TPSA) is 71.5 Å². The molecule has 5 nitrogen and oxygen atoms in total. The summed E-state index contributed by atoms with van der Waals surface area (Å²) in [5.74, 6) is -0.538. The van der Waals surface area contributed by atoms with E-state index in [0.29, 0.717) is 34.2 Å². The Morgan fingerprint density at radius 2 is 1.92 bits per heavy atom. The zero-order valence-electron chi connectivity index (χ0n) is 13.6. The maximum atomic E-state index is 11.5. The number of carboxylic acid groups (broad SMARTS) is 1. The number of rotatable bonds is 4. The van der Waals surface area contributed by atoms with Crippen molar-refractivity contribution in [2.24, 2.45) is 0 Å². The van der Waals surface area contributed by atoms with E-state index < -0.39 is 5.97 Å². The highest BCUT2D eigenvalue weighted by Crippen LogP contribution is 2.32. The average Bonchev–Trinajstić information content (AvgIpc) is 2.93. The summed E-state index contributed by atoms with van der Waals surface area (Å²) in [6, 6.07) is 11.2. The van der Waals surface area contributed by atoms with Gasteiger partial charge >= 0.3 is 5.97 Å². The molecule has 1 aromatic carbocycles. The number of hydrogen-bond donors (Lipinski definition) is 2. The van der Waals surface area contributed by atoms with Gasteiger partial charge in [-0.1, -0.05) is 29.8 Å². The van der Waals surface area contributed by atoms with Crippen LogP contribution in [0.4, 0.5) is 0 Å². The fraction of sp³-hybridized carbons (Fsp3) is 0.368. The molecular formula is C19H19ClN2O3. The first-order valence-corrected chi connectivity index (χ1v) is 8.89. The van der Waals surface area contributed by atoms with Gasteiger partial charge in [0.2, 0.25) is 5.88 Å². The molecule has 0 unspecified atom stereocenters. The molecule has 0 radical (unpaired) electrons. The lowest BCUT2D eigenvalue weighted by atomic mass is 10.0. The second-order valence-corrected chi connectivity index (χ2v) is 7.15. The summed E-state index contributed by atoms with van der Waals surface area (Å²) >= 11 is 6.24. The van der Waals surface area contributed by atoms with E-state index >= 15 is 0 Å². The highest BCUT2D eigenvalue weighted by Gasteiger charge is 2.34. The van der Waals surface area contributed by atoms with Crippen molar-refractivity contribution in [1.82, 2.24) is 10.3 Å². The first-order chi connectivity index (χ1) is 12.1. The van der Waals surface area contributed by atoms with Gasteiger partial charge in [-0.2, -0.15) is 0 Å². The molecule has 2 fully saturated rings. The highest BCUT2D eigenvalue weighted by atomic mass is 35.5. The lowest BCUT2D eigenvalue weighted by Crippen LogP contribution is -2.42. The third kappa shape index (κ3) is 3.48. The summed E-state index contributed by atoms with van der Waals surface area (Å²) in [6.45, 7) is 0. The third-order valence-corrected chi connectivity index (χ3v) is 5.14. The van der Waals surface area contributed by atoms with Crippen LogP contribution in [-0.2, 0) is 0 Å². The number of carboxylic acids is 1. The Balaban J connectivity index is 1.62. The molecule has 6 heteroatoms. The van der Waals surface area contributed by atoms with E-state index in [1.807, 2.05) is 0 Å². The Morgan fingerprint density at radius 3 is 2.64 bits per heavy atom. The van der Waals surface area contributed by atoms with Crippen molar-refractivity contribution in [3.05, 3.63) is 47.0 Å². The van der Waals surface area contributed by atoms with Crippen molar-refractivity contribution in [3.8, 4) is 17.1 Å². The standard InChI is InChI=1S/C19H19ClN2O3/c20-11-7-17(15-3-1-2-4-16(15)19(23)24)22-18(8-11)25-14-9-12-5-6-13(10-14)21-12/h1-4,7-8,12-14,21H,5-6,9-10H2,(H,23,24)/t12-,13+,14-. The maximum Gasteiger partial charge on any atom is 0.336 e. The molecule has 2 aromatic rings. The molecule has 2 saturated heterocycles. The van der Waals surface area contributed by atoms with Crippen LogP contribution >= 0.6 is 11.6 Å². The predicted molar refractivity (Wildman–Crippen MR) is 95.2 cm³/mol. The van der Waals surface area contributed by atoms with Gasteiger partial charge in [-0.25, -0.2) is 9.78 Å². The Kier molecular flexibility index (Phi) is 4.36. The minimum atomic E-state index is -0.991. The van der Waals surface area contributed by atoms with Gasteiger partial charge in [0.1, 0.15) is 6.10 Å². The van der Waals surface area contributed by atoms with Gasteiger partial charge in [0.25, 0.3) is 0 Å². The lowest BCUT2D eigenvalue weighted by molar-refractivity contribution is 0.0697. The molecule has 2 aliphatic heterocycles. The number of halogens is 1. The van der Waals surface area contributed by atoms with Crippen molar-refractivity contribution in [3.63, 3.8) is 0 Å². The average molecular weight is 359 g/mol.